The van der Waals surface area contributed by atoms with E-state index in [1.165, 1.54) is 17.0 Å². The standard InChI is InChI=1S/C17H21FN4O/c1-4-9-19-17-8-6-14(11-20-17)22(3)15-7-5-13(18)10-16(15)21(2)12-23/h5-8,10-12H,4,9H2,1-3H3,(H,19,20). The third-order valence-electron chi connectivity index (χ3n) is 3.53. The van der Waals surface area contributed by atoms with E-state index in [0.29, 0.717) is 12.1 Å². The Hall–Kier alpha value is -2.63. The quantitative estimate of drug-likeness (QED) is 0.795. The van der Waals surface area contributed by atoms with Crippen LogP contribution in [0.2, 0.25) is 0 Å². The Bertz CT molecular complexity index is 660. The second-order valence-corrected chi connectivity index (χ2v) is 5.24. The fourth-order valence-corrected chi connectivity index (χ4v) is 2.20. The van der Waals surface area contributed by atoms with Gasteiger partial charge in [0.1, 0.15) is 11.6 Å². The first-order valence-corrected chi connectivity index (χ1v) is 7.48. The van der Waals surface area contributed by atoms with Crippen LogP contribution in [0.3, 0.4) is 0 Å². The highest BCUT2D eigenvalue weighted by Gasteiger charge is 2.14. The van der Waals surface area contributed by atoms with Gasteiger partial charge in [0.05, 0.1) is 23.3 Å². The van der Waals surface area contributed by atoms with Crippen molar-refractivity contribution in [1.82, 2.24) is 4.98 Å². The number of anilines is 4. The maximum Gasteiger partial charge on any atom is 0.213 e. The predicted octanol–water partition coefficient (Wildman–Crippen LogP) is 3.40. The molecule has 0 fully saturated rings. The second-order valence-electron chi connectivity index (χ2n) is 5.24. The zero-order valence-electron chi connectivity index (χ0n) is 13.6. The molecule has 0 bridgehead atoms. The largest absolute Gasteiger partial charge is 0.370 e. The SMILES string of the molecule is CCCNc1ccc(N(C)c2ccc(F)cc2N(C)C=O)cn1. The monoisotopic (exact) mass is 316 g/mol. The van der Waals surface area contributed by atoms with Crippen LogP contribution in [0.25, 0.3) is 0 Å². The summed E-state index contributed by atoms with van der Waals surface area (Å²) in [6.07, 6.45) is 3.43. The molecule has 23 heavy (non-hydrogen) atoms. The van der Waals surface area contributed by atoms with Gasteiger partial charge in [-0.25, -0.2) is 9.37 Å². The van der Waals surface area contributed by atoms with Crippen molar-refractivity contribution in [2.24, 2.45) is 0 Å². The molecular formula is C17H21FN4O. The minimum absolute atomic E-state index is 0.386. The van der Waals surface area contributed by atoms with Crippen LogP contribution in [0.5, 0.6) is 0 Å². The summed E-state index contributed by atoms with van der Waals surface area (Å²) in [7, 11) is 3.45. The number of nitrogens with zero attached hydrogens (tertiary/aromatic N) is 3. The molecule has 122 valence electrons. The molecule has 6 heteroatoms. The van der Waals surface area contributed by atoms with E-state index in [-0.39, 0.29) is 5.82 Å². The van der Waals surface area contributed by atoms with Crippen molar-refractivity contribution in [3.05, 3.63) is 42.3 Å². The molecule has 2 rings (SSSR count). The molecule has 1 aromatic heterocycles. The van der Waals surface area contributed by atoms with E-state index >= 15 is 0 Å². The first-order valence-electron chi connectivity index (χ1n) is 7.48. The molecule has 0 spiro atoms. The molecule has 1 heterocycles. The van der Waals surface area contributed by atoms with Crippen LogP contribution in [-0.4, -0.2) is 32.0 Å². The number of carbonyl (C=O) groups is 1. The van der Waals surface area contributed by atoms with Gasteiger partial charge in [0.15, 0.2) is 0 Å². The Kier molecular flexibility index (Phi) is 5.51. The van der Waals surface area contributed by atoms with Crippen molar-refractivity contribution in [1.29, 1.82) is 0 Å². The smallest absolute Gasteiger partial charge is 0.213 e. The van der Waals surface area contributed by atoms with E-state index in [1.807, 2.05) is 24.1 Å². The van der Waals surface area contributed by atoms with Gasteiger partial charge < -0.3 is 15.1 Å². The van der Waals surface area contributed by atoms with E-state index < -0.39 is 0 Å². The first kappa shape index (κ1) is 16.7. The Morgan fingerprint density at radius 1 is 1.22 bits per heavy atom. The van der Waals surface area contributed by atoms with Crippen molar-refractivity contribution in [2.75, 3.05) is 35.8 Å². The maximum atomic E-state index is 13.5. The molecule has 0 radical (unpaired) electrons. The molecule has 0 unspecified atom stereocenters. The van der Waals surface area contributed by atoms with Gasteiger partial charge in [0, 0.05) is 20.6 Å². The topological polar surface area (TPSA) is 48.5 Å². The summed E-state index contributed by atoms with van der Waals surface area (Å²) in [6.45, 7) is 2.96. The summed E-state index contributed by atoms with van der Waals surface area (Å²) in [4.78, 5) is 18.6. The normalized spacial score (nSPS) is 10.3. The van der Waals surface area contributed by atoms with Crippen LogP contribution >= 0.6 is 0 Å². The summed E-state index contributed by atoms with van der Waals surface area (Å²) in [5, 5.41) is 3.21. The van der Waals surface area contributed by atoms with E-state index in [2.05, 4.69) is 17.2 Å². The van der Waals surface area contributed by atoms with Crippen molar-refractivity contribution >= 4 is 29.3 Å². The third-order valence-corrected chi connectivity index (χ3v) is 3.53. The molecule has 0 aliphatic heterocycles. The number of hydrogen-bond acceptors (Lipinski definition) is 4. The van der Waals surface area contributed by atoms with Gasteiger partial charge in [-0.05, 0) is 36.8 Å². The number of aromatic nitrogens is 1. The van der Waals surface area contributed by atoms with E-state index in [0.717, 1.165) is 30.2 Å². The summed E-state index contributed by atoms with van der Waals surface area (Å²) >= 11 is 0. The second kappa shape index (κ2) is 7.58. The lowest BCUT2D eigenvalue weighted by molar-refractivity contribution is -0.107. The fourth-order valence-electron chi connectivity index (χ4n) is 2.20. The molecule has 1 amide bonds. The van der Waals surface area contributed by atoms with Gasteiger partial charge in [-0.3, -0.25) is 4.79 Å². The number of hydrogen-bond donors (Lipinski definition) is 1. The van der Waals surface area contributed by atoms with E-state index in [4.69, 9.17) is 0 Å². The number of nitrogens with one attached hydrogen (secondary N) is 1. The van der Waals surface area contributed by atoms with Gasteiger partial charge in [-0.2, -0.15) is 0 Å². The number of amides is 1. The van der Waals surface area contributed by atoms with Gasteiger partial charge >= 0.3 is 0 Å². The Labute approximate surface area is 135 Å². The Morgan fingerprint density at radius 2 is 2.00 bits per heavy atom. The number of rotatable bonds is 7. The summed E-state index contributed by atoms with van der Waals surface area (Å²) in [5.74, 6) is 0.427. The van der Waals surface area contributed by atoms with Gasteiger partial charge in [0.25, 0.3) is 0 Å². The lowest BCUT2D eigenvalue weighted by Crippen LogP contribution is -2.19. The average Bonchev–Trinajstić information content (AvgIpc) is 2.59. The van der Waals surface area contributed by atoms with Crippen LogP contribution < -0.4 is 15.1 Å². The Balaban J connectivity index is 2.29. The van der Waals surface area contributed by atoms with Crippen LogP contribution in [0.1, 0.15) is 13.3 Å². The number of benzene rings is 1. The zero-order chi connectivity index (χ0) is 16.8. The molecule has 0 atom stereocenters. The Morgan fingerprint density at radius 3 is 2.61 bits per heavy atom. The van der Waals surface area contributed by atoms with Gasteiger partial charge in [-0.1, -0.05) is 6.92 Å². The number of halogens is 1. The molecular weight excluding hydrogens is 295 g/mol. The van der Waals surface area contributed by atoms with Crippen LogP contribution in [-0.2, 0) is 4.79 Å². The number of carbonyl (C=O) groups excluding carboxylic acids is 1. The van der Waals surface area contributed by atoms with Crippen molar-refractivity contribution in [3.63, 3.8) is 0 Å². The highest BCUT2D eigenvalue weighted by Crippen LogP contribution is 2.33. The zero-order valence-corrected chi connectivity index (χ0v) is 13.6. The van der Waals surface area contributed by atoms with Crippen molar-refractivity contribution < 1.29 is 9.18 Å². The first-order chi connectivity index (χ1) is 11.1. The predicted molar refractivity (Wildman–Crippen MR) is 91.9 cm³/mol. The average molecular weight is 316 g/mol. The van der Waals surface area contributed by atoms with Crippen molar-refractivity contribution in [2.45, 2.75) is 13.3 Å². The fraction of sp³-hybridized carbons (Fsp3) is 0.294. The molecule has 5 nitrogen and oxygen atoms in total. The van der Waals surface area contributed by atoms with Crippen LogP contribution in [0.4, 0.5) is 27.3 Å². The molecule has 2 aromatic rings. The van der Waals surface area contributed by atoms with Crippen molar-refractivity contribution in [3.8, 4) is 0 Å². The van der Waals surface area contributed by atoms with Crippen LogP contribution in [0, 0.1) is 5.82 Å². The van der Waals surface area contributed by atoms with Gasteiger partial charge in [-0.15, -0.1) is 0 Å². The van der Waals surface area contributed by atoms with E-state index in [9.17, 15) is 9.18 Å². The van der Waals surface area contributed by atoms with E-state index in [1.54, 1.807) is 19.3 Å². The molecule has 0 saturated heterocycles. The maximum absolute atomic E-state index is 13.5. The third kappa shape index (κ3) is 3.97. The lowest BCUT2D eigenvalue weighted by atomic mass is 10.2. The lowest BCUT2D eigenvalue weighted by Gasteiger charge is -2.25. The highest BCUT2D eigenvalue weighted by molar-refractivity contribution is 5.85. The highest BCUT2D eigenvalue weighted by atomic mass is 19.1. The molecule has 0 saturated carbocycles. The summed E-state index contributed by atoms with van der Waals surface area (Å²) < 4.78 is 13.5. The minimum atomic E-state index is -0.386. The summed E-state index contributed by atoms with van der Waals surface area (Å²) in [6, 6.07) is 8.19. The molecule has 0 aliphatic carbocycles. The van der Waals surface area contributed by atoms with Crippen LogP contribution in [0.15, 0.2) is 36.5 Å². The summed E-state index contributed by atoms with van der Waals surface area (Å²) in [5.41, 5.74) is 2.06. The minimum Gasteiger partial charge on any atom is -0.370 e. The number of pyridine rings is 1. The van der Waals surface area contributed by atoms with Gasteiger partial charge in [0.2, 0.25) is 6.41 Å². The molecule has 1 N–H and O–H groups in total. The molecule has 1 aromatic carbocycles. The molecule has 0 aliphatic rings.